The van der Waals surface area contributed by atoms with Gasteiger partial charge in [0.25, 0.3) is 0 Å². The van der Waals surface area contributed by atoms with Crippen LogP contribution in [0.5, 0.6) is 0 Å². The average molecular weight is 232 g/mol. The summed E-state index contributed by atoms with van der Waals surface area (Å²) in [6, 6.07) is 5.31. The van der Waals surface area contributed by atoms with Crippen molar-refractivity contribution in [1.29, 1.82) is 0 Å². The number of ether oxygens (including phenoxy) is 2. The highest BCUT2D eigenvalue weighted by Gasteiger charge is 2.23. The van der Waals surface area contributed by atoms with Crippen molar-refractivity contribution >= 4 is 17.0 Å². The summed E-state index contributed by atoms with van der Waals surface area (Å²) in [5, 5.41) is 0. The number of hydrogen-bond donors (Lipinski definition) is 0. The van der Waals surface area contributed by atoms with Crippen molar-refractivity contribution in [3.05, 3.63) is 30.1 Å². The summed E-state index contributed by atoms with van der Waals surface area (Å²) in [4.78, 5) is 16.0. The van der Waals surface area contributed by atoms with E-state index in [-0.39, 0.29) is 12.3 Å². The lowest BCUT2D eigenvalue weighted by atomic mass is 10.2. The number of fused-ring (bicyclic) bond motifs is 1. The number of aryl methyl sites for hydroxylation is 1. The zero-order chi connectivity index (χ0) is 11.8. The van der Waals surface area contributed by atoms with E-state index in [4.69, 9.17) is 9.47 Å². The van der Waals surface area contributed by atoms with E-state index in [2.05, 4.69) is 4.98 Å². The molecular weight excluding hydrogens is 220 g/mol. The van der Waals surface area contributed by atoms with Gasteiger partial charge in [-0.05, 0) is 18.2 Å². The summed E-state index contributed by atoms with van der Waals surface area (Å²) in [5.41, 5.74) is 2.30. The molecule has 0 bridgehead atoms. The lowest BCUT2D eigenvalue weighted by Gasteiger charge is -2.25. The van der Waals surface area contributed by atoms with E-state index in [0.717, 1.165) is 17.5 Å². The SMILES string of the molecule is Cn1cnc2ccc(C(=O)OC3CCO3)cc21. The van der Waals surface area contributed by atoms with Crippen molar-refractivity contribution in [3.8, 4) is 0 Å². The Labute approximate surface area is 98.0 Å². The summed E-state index contributed by atoms with van der Waals surface area (Å²) < 4.78 is 12.1. The molecule has 1 aromatic carbocycles. The molecule has 5 nitrogen and oxygen atoms in total. The van der Waals surface area contributed by atoms with E-state index >= 15 is 0 Å². The minimum atomic E-state index is -0.371. The van der Waals surface area contributed by atoms with Crippen LogP contribution < -0.4 is 0 Å². The third-order valence-electron chi connectivity index (χ3n) is 2.86. The molecule has 0 N–H and O–H groups in total. The molecule has 2 aromatic rings. The second kappa shape index (κ2) is 3.85. The molecule has 0 radical (unpaired) electrons. The number of rotatable bonds is 2. The Balaban J connectivity index is 1.88. The predicted molar refractivity (Wildman–Crippen MR) is 60.5 cm³/mol. The third-order valence-corrected chi connectivity index (χ3v) is 2.86. The van der Waals surface area contributed by atoms with Gasteiger partial charge in [-0.2, -0.15) is 0 Å². The van der Waals surface area contributed by atoms with Crippen molar-refractivity contribution in [2.24, 2.45) is 7.05 Å². The molecule has 0 amide bonds. The Bertz CT molecular complexity index is 572. The smallest absolute Gasteiger partial charge is 0.340 e. The number of hydrogen-bond acceptors (Lipinski definition) is 4. The minimum Gasteiger partial charge on any atom is -0.432 e. The first-order chi connectivity index (χ1) is 8.24. The van der Waals surface area contributed by atoms with Crippen LogP contribution in [0.2, 0.25) is 0 Å². The topological polar surface area (TPSA) is 53.4 Å². The Morgan fingerprint density at radius 3 is 3.12 bits per heavy atom. The third kappa shape index (κ3) is 1.78. The maximum absolute atomic E-state index is 11.8. The molecule has 5 heteroatoms. The molecule has 1 atom stereocenters. The van der Waals surface area contributed by atoms with Gasteiger partial charge in [-0.15, -0.1) is 0 Å². The Morgan fingerprint density at radius 2 is 2.41 bits per heavy atom. The fourth-order valence-electron chi connectivity index (χ4n) is 1.75. The van der Waals surface area contributed by atoms with Crippen LogP contribution in [-0.4, -0.2) is 28.4 Å². The highest BCUT2D eigenvalue weighted by atomic mass is 16.7. The van der Waals surface area contributed by atoms with E-state index in [0.29, 0.717) is 12.2 Å². The van der Waals surface area contributed by atoms with E-state index < -0.39 is 0 Å². The van der Waals surface area contributed by atoms with E-state index in [1.807, 2.05) is 17.7 Å². The second-order valence-corrected chi connectivity index (χ2v) is 4.05. The molecule has 88 valence electrons. The summed E-state index contributed by atoms with van der Waals surface area (Å²) in [7, 11) is 1.89. The van der Waals surface area contributed by atoms with Gasteiger partial charge in [0.15, 0.2) is 0 Å². The Hall–Kier alpha value is -1.88. The van der Waals surface area contributed by atoms with Gasteiger partial charge in [0, 0.05) is 13.5 Å². The fourth-order valence-corrected chi connectivity index (χ4v) is 1.75. The van der Waals surface area contributed by atoms with Crippen LogP contribution in [0.15, 0.2) is 24.5 Å². The lowest BCUT2D eigenvalue weighted by Crippen LogP contribution is -2.31. The van der Waals surface area contributed by atoms with Crippen LogP contribution in [0.3, 0.4) is 0 Å². The molecule has 1 aromatic heterocycles. The molecule has 1 aliphatic heterocycles. The summed E-state index contributed by atoms with van der Waals surface area (Å²) >= 11 is 0. The number of carbonyl (C=O) groups is 1. The normalized spacial score (nSPS) is 19.0. The van der Waals surface area contributed by atoms with Gasteiger partial charge in [-0.3, -0.25) is 0 Å². The average Bonchev–Trinajstić information content (AvgIpc) is 2.65. The first kappa shape index (κ1) is 10.3. The molecule has 2 heterocycles. The van der Waals surface area contributed by atoms with Crippen molar-refractivity contribution in [2.45, 2.75) is 12.7 Å². The van der Waals surface area contributed by atoms with Crippen LogP contribution in [0.25, 0.3) is 11.0 Å². The van der Waals surface area contributed by atoms with E-state index in [1.165, 1.54) is 0 Å². The van der Waals surface area contributed by atoms with Crippen molar-refractivity contribution in [3.63, 3.8) is 0 Å². The zero-order valence-corrected chi connectivity index (χ0v) is 9.42. The maximum atomic E-state index is 11.8. The van der Waals surface area contributed by atoms with Gasteiger partial charge in [0.1, 0.15) is 0 Å². The molecule has 1 unspecified atom stereocenters. The summed E-state index contributed by atoms with van der Waals surface area (Å²) in [6.07, 6.45) is 2.12. The molecule has 0 spiro atoms. The standard InChI is InChI=1S/C12H12N2O3/c1-14-7-13-9-3-2-8(6-10(9)14)12(15)17-11-4-5-16-11/h2-3,6-7,11H,4-5H2,1H3. The molecular formula is C12H12N2O3. The number of imidazole rings is 1. The zero-order valence-electron chi connectivity index (χ0n) is 9.42. The van der Waals surface area contributed by atoms with E-state index in [1.54, 1.807) is 18.5 Å². The van der Waals surface area contributed by atoms with Gasteiger partial charge < -0.3 is 14.0 Å². The van der Waals surface area contributed by atoms with Gasteiger partial charge >= 0.3 is 5.97 Å². The number of benzene rings is 1. The second-order valence-electron chi connectivity index (χ2n) is 4.05. The van der Waals surface area contributed by atoms with Crippen LogP contribution in [0.1, 0.15) is 16.8 Å². The van der Waals surface area contributed by atoms with Gasteiger partial charge in [0.05, 0.1) is 29.5 Å². The van der Waals surface area contributed by atoms with Crippen LogP contribution in [0.4, 0.5) is 0 Å². The van der Waals surface area contributed by atoms with Crippen LogP contribution in [0, 0.1) is 0 Å². The highest BCUT2D eigenvalue weighted by molar-refractivity contribution is 5.93. The molecule has 0 saturated carbocycles. The van der Waals surface area contributed by atoms with Gasteiger partial charge in [0.2, 0.25) is 6.29 Å². The van der Waals surface area contributed by atoms with Crippen LogP contribution in [-0.2, 0) is 16.5 Å². The largest absolute Gasteiger partial charge is 0.432 e. The van der Waals surface area contributed by atoms with Crippen LogP contribution >= 0.6 is 0 Å². The number of aromatic nitrogens is 2. The first-order valence-corrected chi connectivity index (χ1v) is 5.48. The summed E-state index contributed by atoms with van der Waals surface area (Å²) in [5.74, 6) is -0.349. The maximum Gasteiger partial charge on any atom is 0.340 e. The predicted octanol–water partition coefficient (Wildman–Crippen LogP) is 1.48. The lowest BCUT2D eigenvalue weighted by molar-refractivity contribution is -0.184. The molecule has 0 aliphatic carbocycles. The Morgan fingerprint density at radius 1 is 1.59 bits per heavy atom. The molecule has 3 rings (SSSR count). The number of carbonyl (C=O) groups excluding carboxylic acids is 1. The van der Waals surface area contributed by atoms with Gasteiger partial charge in [-0.25, -0.2) is 9.78 Å². The Kier molecular flexibility index (Phi) is 2.33. The van der Waals surface area contributed by atoms with Crippen molar-refractivity contribution < 1.29 is 14.3 Å². The first-order valence-electron chi connectivity index (χ1n) is 5.48. The fraction of sp³-hybridized carbons (Fsp3) is 0.333. The van der Waals surface area contributed by atoms with Crippen molar-refractivity contribution in [1.82, 2.24) is 9.55 Å². The summed E-state index contributed by atoms with van der Waals surface area (Å²) in [6.45, 7) is 0.665. The molecule has 1 fully saturated rings. The number of nitrogens with zero attached hydrogens (tertiary/aromatic N) is 2. The monoisotopic (exact) mass is 232 g/mol. The molecule has 1 saturated heterocycles. The number of esters is 1. The van der Waals surface area contributed by atoms with E-state index in [9.17, 15) is 4.79 Å². The minimum absolute atomic E-state index is 0.349. The molecule has 1 aliphatic rings. The highest BCUT2D eigenvalue weighted by Crippen LogP contribution is 2.18. The van der Waals surface area contributed by atoms with Gasteiger partial charge in [-0.1, -0.05) is 0 Å². The van der Waals surface area contributed by atoms with Crippen molar-refractivity contribution in [2.75, 3.05) is 6.61 Å². The molecule has 17 heavy (non-hydrogen) atoms. The quantitative estimate of drug-likeness (QED) is 0.736.